The fourth-order valence-corrected chi connectivity index (χ4v) is 5.74. The largest absolute Gasteiger partial charge is 0.352 e. The van der Waals surface area contributed by atoms with Gasteiger partial charge in [-0.25, -0.2) is 8.42 Å². The lowest BCUT2D eigenvalue weighted by molar-refractivity contribution is -0.122. The molecule has 0 unspecified atom stereocenters. The number of thiophene rings is 1. The molecule has 0 spiro atoms. The SMILES string of the molecule is C[C@H]1[C@H](C)CCC[C@@H]1NC(=O)CN(C)S(=O)(=O)c1ccc(Cl)s1. The first-order valence-corrected chi connectivity index (χ1v) is 10.4. The molecule has 5 nitrogen and oxygen atoms in total. The molecule has 1 aliphatic rings. The van der Waals surface area contributed by atoms with Crippen molar-refractivity contribution in [3.8, 4) is 0 Å². The van der Waals surface area contributed by atoms with Crippen LogP contribution < -0.4 is 5.32 Å². The minimum Gasteiger partial charge on any atom is -0.352 e. The van der Waals surface area contributed by atoms with E-state index in [1.807, 2.05) is 0 Å². The highest BCUT2D eigenvalue weighted by atomic mass is 35.5. The minimum absolute atomic E-state index is 0.124. The topological polar surface area (TPSA) is 66.5 Å². The van der Waals surface area contributed by atoms with E-state index >= 15 is 0 Å². The summed E-state index contributed by atoms with van der Waals surface area (Å²) in [4.78, 5) is 12.2. The lowest BCUT2D eigenvalue weighted by Gasteiger charge is -2.34. The highest BCUT2D eigenvalue weighted by Gasteiger charge is 2.30. The zero-order chi connectivity index (χ0) is 17.2. The number of likely N-dealkylation sites (N-methyl/N-ethyl adjacent to an activating group) is 1. The summed E-state index contributed by atoms with van der Waals surface area (Å²) in [6.45, 7) is 4.15. The normalized spacial score (nSPS) is 25.5. The van der Waals surface area contributed by atoms with E-state index in [1.165, 1.54) is 25.6 Å². The number of rotatable bonds is 5. The Bertz CT molecular complexity index is 659. The zero-order valence-electron chi connectivity index (χ0n) is 13.6. The number of carbonyl (C=O) groups is 1. The van der Waals surface area contributed by atoms with Crippen LogP contribution in [0.3, 0.4) is 0 Å². The molecule has 1 heterocycles. The number of carbonyl (C=O) groups excluding carboxylic acids is 1. The van der Waals surface area contributed by atoms with Gasteiger partial charge in [0, 0.05) is 13.1 Å². The van der Waals surface area contributed by atoms with E-state index in [2.05, 4.69) is 19.2 Å². The van der Waals surface area contributed by atoms with E-state index in [0.717, 1.165) is 28.5 Å². The van der Waals surface area contributed by atoms with E-state index < -0.39 is 10.0 Å². The molecule has 3 atom stereocenters. The van der Waals surface area contributed by atoms with E-state index in [0.29, 0.717) is 16.2 Å². The Morgan fingerprint density at radius 1 is 1.39 bits per heavy atom. The van der Waals surface area contributed by atoms with Crippen molar-refractivity contribution >= 4 is 38.9 Å². The molecule has 1 fully saturated rings. The lowest BCUT2D eigenvalue weighted by Crippen LogP contribution is -2.47. The number of nitrogens with one attached hydrogen (secondary N) is 1. The van der Waals surface area contributed by atoms with Crippen molar-refractivity contribution in [2.45, 2.75) is 43.4 Å². The van der Waals surface area contributed by atoms with Crippen LogP contribution in [0.15, 0.2) is 16.3 Å². The van der Waals surface area contributed by atoms with Crippen LogP contribution in [-0.4, -0.2) is 38.3 Å². The molecular formula is C15H23ClN2O3S2. The van der Waals surface area contributed by atoms with Crippen LogP contribution in [0, 0.1) is 11.8 Å². The molecule has 23 heavy (non-hydrogen) atoms. The van der Waals surface area contributed by atoms with Gasteiger partial charge in [-0.3, -0.25) is 4.79 Å². The second-order valence-electron chi connectivity index (χ2n) is 6.26. The molecule has 0 aliphatic heterocycles. The molecule has 1 N–H and O–H groups in total. The number of sulfonamides is 1. The Labute approximate surface area is 147 Å². The monoisotopic (exact) mass is 378 g/mol. The summed E-state index contributed by atoms with van der Waals surface area (Å²) < 4.78 is 26.4. The summed E-state index contributed by atoms with van der Waals surface area (Å²) in [6, 6.07) is 3.12. The van der Waals surface area contributed by atoms with Gasteiger partial charge in [0.2, 0.25) is 5.91 Å². The van der Waals surface area contributed by atoms with Crippen LogP contribution in [0.1, 0.15) is 33.1 Å². The summed E-state index contributed by atoms with van der Waals surface area (Å²) >= 11 is 6.78. The average molecular weight is 379 g/mol. The van der Waals surface area contributed by atoms with Crippen LogP contribution in [-0.2, 0) is 14.8 Å². The number of amides is 1. The van der Waals surface area contributed by atoms with Crippen LogP contribution in [0.4, 0.5) is 0 Å². The second-order valence-corrected chi connectivity index (χ2v) is 10.2. The quantitative estimate of drug-likeness (QED) is 0.856. The predicted octanol–water partition coefficient (Wildman–Crippen LogP) is 2.96. The van der Waals surface area contributed by atoms with Crippen molar-refractivity contribution in [2.75, 3.05) is 13.6 Å². The smallest absolute Gasteiger partial charge is 0.252 e. The fraction of sp³-hybridized carbons (Fsp3) is 0.667. The van der Waals surface area contributed by atoms with Crippen molar-refractivity contribution < 1.29 is 13.2 Å². The maximum absolute atomic E-state index is 12.4. The molecular weight excluding hydrogens is 356 g/mol. The second kappa shape index (κ2) is 7.51. The molecule has 1 aromatic heterocycles. The first kappa shape index (κ1) is 18.7. The third-order valence-corrected chi connectivity index (χ3v) is 8.13. The number of hydrogen-bond donors (Lipinski definition) is 1. The maximum atomic E-state index is 12.4. The average Bonchev–Trinajstić information content (AvgIpc) is 2.91. The summed E-state index contributed by atoms with van der Waals surface area (Å²) in [5, 5.41) is 2.99. The van der Waals surface area contributed by atoms with Gasteiger partial charge >= 0.3 is 0 Å². The fourth-order valence-electron chi connectivity index (χ4n) is 2.92. The lowest BCUT2D eigenvalue weighted by atomic mass is 9.78. The molecule has 8 heteroatoms. The van der Waals surface area contributed by atoms with Gasteiger partial charge in [-0.2, -0.15) is 4.31 Å². The highest BCUT2D eigenvalue weighted by molar-refractivity contribution is 7.91. The Morgan fingerprint density at radius 3 is 2.70 bits per heavy atom. The number of hydrogen-bond acceptors (Lipinski definition) is 4. The first-order chi connectivity index (χ1) is 10.7. The van der Waals surface area contributed by atoms with Crippen molar-refractivity contribution in [2.24, 2.45) is 11.8 Å². The van der Waals surface area contributed by atoms with Gasteiger partial charge in [0.25, 0.3) is 10.0 Å². The summed E-state index contributed by atoms with van der Waals surface area (Å²) in [6.07, 6.45) is 3.23. The third kappa shape index (κ3) is 4.47. The maximum Gasteiger partial charge on any atom is 0.252 e. The van der Waals surface area contributed by atoms with Gasteiger partial charge in [0.1, 0.15) is 4.21 Å². The molecule has 1 aliphatic carbocycles. The van der Waals surface area contributed by atoms with Crippen LogP contribution in [0.25, 0.3) is 0 Å². The van der Waals surface area contributed by atoms with Crippen molar-refractivity contribution in [3.63, 3.8) is 0 Å². The minimum atomic E-state index is -3.67. The van der Waals surface area contributed by atoms with Crippen molar-refractivity contribution in [3.05, 3.63) is 16.5 Å². The van der Waals surface area contributed by atoms with Crippen LogP contribution in [0.5, 0.6) is 0 Å². The summed E-state index contributed by atoms with van der Waals surface area (Å²) in [7, 11) is -2.26. The van der Waals surface area contributed by atoms with Crippen LogP contribution >= 0.6 is 22.9 Å². The van der Waals surface area contributed by atoms with Gasteiger partial charge in [-0.15, -0.1) is 11.3 Å². The summed E-state index contributed by atoms with van der Waals surface area (Å²) in [5.41, 5.74) is 0. The number of nitrogens with zero attached hydrogens (tertiary/aromatic N) is 1. The van der Waals surface area contributed by atoms with E-state index in [-0.39, 0.29) is 22.7 Å². The Hall–Kier alpha value is -0.630. The first-order valence-electron chi connectivity index (χ1n) is 7.73. The Kier molecular flexibility index (Phi) is 6.10. The molecule has 1 aromatic rings. The van der Waals surface area contributed by atoms with Crippen molar-refractivity contribution in [1.29, 1.82) is 0 Å². The molecule has 130 valence electrons. The van der Waals surface area contributed by atoms with Crippen LogP contribution in [0.2, 0.25) is 4.34 Å². The molecule has 0 radical (unpaired) electrons. The van der Waals surface area contributed by atoms with E-state index in [4.69, 9.17) is 11.6 Å². The molecule has 1 amide bonds. The summed E-state index contributed by atoms with van der Waals surface area (Å²) in [5.74, 6) is 0.721. The van der Waals surface area contributed by atoms with Gasteiger partial charge in [0.15, 0.2) is 0 Å². The Balaban J connectivity index is 1.97. The Morgan fingerprint density at radius 2 is 2.09 bits per heavy atom. The predicted molar refractivity (Wildman–Crippen MR) is 93.3 cm³/mol. The number of halogens is 1. The van der Waals surface area contributed by atoms with E-state index in [9.17, 15) is 13.2 Å². The third-order valence-electron chi connectivity index (χ3n) is 4.63. The van der Waals surface area contributed by atoms with Gasteiger partial charge in [-0.1, -0.05) is 38.3 Å². The van der Waals surface area contributed by atoms with Gasteiger partial charge < -0.3 is 5.32 Å². The van der Waals surface area contributed by atoms with E-state index in [1.54, 1.807) is 0 Å². The van der Waals surface area contributed by atoms with Gasteiger partial charge in [0.05, 0.1) is 10.9 Å². The standard InChI is InChI=1S/C15H23ClN2O3S2/c1-10-5-4-6-12(11(10)2)17-14(19)9-18(3)23(20,21)15-8-7-13(16)22-15/h7-8,10-12H,4-6,9H2,1-3H3,(H,17,19)/t10-,11+,12+/m1/s1. The highest BCUT2D eigenvalue weighted by Crippen LogP contribution is 2.30. The molecule has 1 saturated carbocycles. The zero-order valence-corrected chi connectivity index (χ0v) is 16.0. The molecule has 0 aromatic carbocycles. The molecule has 2 rings (SSSR count). The molecule has 0 bridgehead atoms. The van der Waals surface area contributed by atoms with Crippen molar-refractivity contribution in [1.82, 2.24) is 9.62 Å². The van der Waals surface area contributed by atoms with Gasteiger partial charge in [-0.05, 0) is 30.4 Å². The molecule has 0 saturated heterocycles.